The molecule has 0 aliphatic heterocycles. The summed E-state index contributed by atoms with van der Waals surface area (Å²) in [4.78, 5) is 72.6. The summed E-state index contributed by atoms with van der Waals surface area (Å²) >= 11 is 0. The Labute approximate surface area is 573 Å². The van der Waals surface area contributed by atoms with Crippen molar-refractivity contribution < 1.29 is 48.0 Å². The molecule has 0 unspecified atom stereocenters. The second-order valence-electron chi connectivity index (χ2n) is 28.0. The van der Waals surface area contributed by atoms with E-state index in [1.807, 2.05) is 0 Å². The van der Waals surface area contributed by atoms with Crippen LogP contribution in [0.3, 0.4) is 0 Å². The van der Waals surface area contributed by atoms with Crippen LogP contribution in [0.5, 0.6) is 28.7 Å². The molecule has 536 valence electrons. The lowest BCUT2D eigenvalue weighted by molar-refractivity contribution is -0.135. The SMILES string of the molecule is CCCCCCCCCCCCCCCCC(=O)Oc1cc2oc(-c3ccc(O)cc3O)c(OC(=O)CCCCCCCCCCCCCCCC)c(=O)c2c(OC(=O)CCCCCCCCCCCCCCCC)c1C(=O)CCCCCCCCCCCCCCCC. The average Bonchev–Trinajstić information content (AvgIpc) is 0.746. The van der Waals surface area contributed by atoms with Crippen molar-refractivity contribution in [2.45, 2.75) is 413 Å². The highest BCUT2D eigenvalue weighted by molar-refractivity contribution is 6.08. The van der Waals surface area contributed by atoms with Crippen molar-refractivity contribution in [2.24, 2.45) is 0 Å². The van der Waals surface area contributed by atoms with E-state index in [0.717, 1.165) is 102 Å². The maximum atomic E-state index is 15.4. The third kappa shape index (κ3) is 39.5. The number of hydrogen-bond acceptors (Lipinski definition) is 11. The van der Waals surface area contributed by atoms with Gasteiger partial charge in [0, 0.05) is 37.8 Å². The van der Waals surface area contributed by atoms with E-state index in [0.29, 0.717) is 25.7 Å². The molecule has 0 saturated carbocycles. The zero-order chi connectivity index (χ0) is 67.7. The highest BCUT2D eigenvalue weighted by Crippen LogP contribution is 2.44. The number of carbonyl (C=O) groups is 4. The normalized spacial score (nSPS) is 11.5. The molecule has 0 spiro atoms. The second kappa shape index (κ2) is 57.4. The molecule has 0 radical (unpaired) electrons. The lowest BCUT2D eigenvalue weighted by atomic mass is 9.98. The Hall–Kier alpha value is -4.67. The van der Waals surface area contributed by atoms with Crippen LogP contribution in [0.4, 0.5) is 0 Å². The number of carbonyl (C=O) groups excluding carboxylic acids is 4. The Balaban J connectivity index is 1.92. The number of hydrogen-bond donors (Lipinski definition) is 2. The number of rotatable bonds is 65. The Morgan fingerprint density at radius 2 is 0.617 bits per heavy atom. The van der Waals surface area contributed by atoms with Gasteiger partial charge in [-0.2, -0.15) is 0 Å². The molecule has 0 atom stereocenters. The van der Waals surface area contributed by atoms with E-state index in [1.165, 1.54) is 256 Å². The molecule has 1 heterocycles. The van der Waals surface area contributed by atoms with Crippen LogP contribution in [0.2, 0.25) is 0 Å². The summed E-state index contributed by atoms with van der Waals surface area (Å²) in [5, 5.41) is 21.4. The first kappa shape index (κ1) is 83.6. The largest absolute Gasteiger partial charge is 0.508 e. The predicted molar refractivity (Wildman–Crippen MR) is 392 cm³/mol. The van der Waals surface area contributed by atoms with Gasteiger partial charge in [-0.1, -0.05) is 362 Å². The standard InChI is InChI=1S/C83H138O11/c1-5-9-13-17-21-25-29-33-37-41-45-49-53-57-61-71(85)78-73(91-75(87)62-58-54-50-46-42-38-34-30-26-22-18-14-10-6-2)68-74-79(82(78)93-76(88)63-59-55-51-47-43-39-35-31-27-23-19-15-11-7-3)80(90)83(81(92-74)70-66-65-69(84)67-72(70)86)94-77(89)64-60-56-52-48-44-40-36-32-28-24-20-16-12-8-4/h65-68,84,86H,5-64H2,1-4H3. The van der Waals surface area contributed by atoms with E-state index >= 15 is 4.79 Å². The number of aromatic hydroxyl groups is 2. The van der Waals surface area contributed by atoms with Gasteiger partial charge in [-0.05, 0) is 37.8 Å². The van der Waals surface area contributed by atoms with Crippen LogP contribution in [-0.4, -0.2) is 33.9 Å². The maximum absolute atomic E-state index is 15.4. The highest BCUT2D eigenvalue weighted by atomic mass is 16.6. The summed E-state index contributed by atoms with van der Waals surface area (Å²) < 4.78 is 25.0. The molecule has 94 heavy (non-hydrogen) atoms. The van der Waals surface area contributed by atoms with Gasteiger partial charge >= 0.3 is 17.9 Å². The van der Waals surface area contributed by atoms with Gasteiger partial charge in [-0.25, -0.2) is 0 Å². The van der Waals surface area contributed by atoms with E-state index in [9.17, 15) is 29.4 Å². The summed E-state index contributed by atoms with van der Waals surface area (Å²) in [7, 11) is 0. The Kier molecular flexibility index (Phi) is 51.0. The van der Waals surface area contributed by atoms with Crippen LogP contribution in [-0.2, 0) is 14.4 Å². The van der Waals surface area contributed by atoms with Crippen molar-refractivity contribution >= 4 is 34.7 Å². The van der Waals surface area contributed by atoms with Crippen LogP contribution in [0.1, 0.15) is 423 Å². The molecular weight excluding hydrogens is 1170 g/mol. The van der Waals surface area contributed by atoms with Crippen molar-refractivity contribution in [3.63, 3.8) is 0 Å². The summed E-state index contributed by atoms with van der Waals surface area (Å²) in [6.07, 6.45) is 64.8. The van der Waals surface area contributed by atoms with Crippen molar-refractivity contribution in [1.82, 2.24) is 0 Å². The fraction of sp³-hybridized carbons (Fsp3) is 0.771. The minimum Gasteiger partial charge on any atom is -0.508 e. The van der Waals surface area contributed by atoms with Crippen LogP contribution >= 0.6 is 0 Å². The first-order valence-corrected chi connectivity index (χ1v) is 39.9. The van der Waals surface area contributed by atoms with Gasteiger partial charge in [0.15, 0.2) is 17.3 Å². The summed E-state index contributed by atoms with van der Waals surface area (Å²) in [5.74, 6) is -4.52. The molecule has 1 aromatic heterocycles. The van der Waals surface area contributed by atoms with Crippen molar-refractivity contribution in [1.29, 1.82) is 0 Å². The lowest BCUT2D eigenvalue weighted by Crippen LogP contribution is -2.20. The van der Waals surface area contributed by atoms with Gasteiger partial charge in [0.2, 0.25) is 11.2 Å². The van der Waals surface area contributed by atoms with Gasteiger partial charge in [-0.15, -0.1) is 0 Å². The number of ether oxygens (including phenoxy) is 3. The van der Waals surface area contributed by atoms with Gasteiger partial charge in [0.25, 0.3) is 0 Å². The molecule has 11 heteroatoms. The number of Topliss-reactive ketones (excluding diaryl/α,β-unsaturated/α-hetero) is 1. The van der Waals surface area contributed by atoms with Crippen LogP contribution in [0.25, 0.3) is 22.3 Å². The molecule has 0 aliphatic rings. The highest BCUT2D eigenvalue weighted by Gasteiger charge is 2.32. The van der Waals surface area contributed by atoms with Crippen molar-refractivity contribution in [3.8, 4) is 40.1 Å². The van der Waals surface area contributed by atoms with Gasteiger partial charge in [-0.3, -0.25) is 24.0 Å². The molecular formula is C83H138O11. The van der Waals surface area contributed by atoms with Gasteiger partial charge in [0.1, 0.15) is 33.8 Å². The summed E-state index contributed by atoms with van der Waals surface area (Å²) in [5.41, 5.74) is -1.35. The minimum atomic E-state index is -0.900. The van der Waals surface area contributed by atoms with Gasteiger partial charge in [0.05, 0.1) is 5.56 Å². The first-order chi connectivity index (χ1) is 46.1. The van der Waals surface area contributed by atoms with E-state index in [1.54, 1.807) is 0 Å². The third-order valence-electron chi connectivity index (χ3n) is 19.2. The number of fused-ring (bicyclic) bond motifs is 1. The van der Waals surface area contributed by atoms with Crippen molar-refractivity contribution in [2.75, 3.05) is 0 Å². The molecule has 0 saturated heterocycles. The second-order valence-corrected chi connectivity index (χ2v) is 28.0. The summed E-state index contributed by atoms with van der Waals surface area (Å²) in [6.45, 7) is 9.00. The number of unbranched alkanes of at least 4 members (excludes halogenated alkanes) is 52. The number of benzene rings is 2. The molecule has 11 nitrogen and oxygen atoms in total. The van der Waals surface area contributed by atoms with E-state index in [2.05, 4.69) is 27.7 Å². The van der Waals surface area contributed by atoms with Crippen molar-refractivity contribution in [3.05, 3.63) is 40.1 Å². The van der Waals surface area contributed by atoms with Crippen LogP contribution in [0.15, 0.2) is 33.5 Å². The van der Waals surface area contributed by atoms with E-state index in [4.69, 9.17) is 18.6 Å². The topological polar surface area (TPSA) is 167 Å². The molecule has 0 aliphatic carbocycles. The molecule has 0 fully saturated rings. The molecule has 0 amide bonds. The zero-order valence-electron chi connectivity index (χ0n) is 60.8. The number of ketones is 1. The number of phenols is 2. The molecule has 3 aromatic rings. The van der Waals surface area contributed by atoms with E-state index in [-0.39, 0.29) is 70.8 Å². The Morgan fingerprint density at radius 3 is 0.926 bits per heavy atom. The predicted octanol–water partition coefficient (Wildman–Crippen LogP) is 26.3. The van der Waals surface area contributed by atoms with Gasteiger partial charge < -0.3 is 28.8 Å². The fourth-order valence-electron chi connectivity index (χ4n) is 13.2. The summed E-state index contributed by atoms with van der Waals surface area (Å²) in [6, 6.07) is 5.08. The smallest absolute Gasteiger partial charge is 0.311 e. The fourth-order valence-corrected chi connectivity index (χ4v) is 13.2. The maximum Gasteiger partial charge on any atom is 0.311 e. The molecule has 2 aromatic carbocycles. The minimum absolute atomic E-state index is 0.00860. The molecule has 0 bridgehead atoms. The molecule has 3 rings (SSSR count). The monoisotopic (exact) mass is 1310 g/mol. The van der Waals surface area contributed by atoms with E-state index < -0.39 is 40.6 Å². The number of esters is 3. The van der Waals surface area contributed by atoms with Crippen LogP contribution < -0.4 is 19.6 Å². The Bertz CT molecular complexity index is 2470. The zero-order valence-corrected chi connectivity index (χ0v) is 60.8. The first-order valence-electron chi connectivity index (χ1n) is 39.9. The quantitative estimate of drug-likeness (QED) is 0.0239. The lowest BCUT2D eigenvalue weighted by Gasteiger charge is -2.18. The molecule has 2 N–H and O–H groups in total. The average molecular weight is 1310 g/mol. The van der Waals surface area contributed by atoms with Crippen LogP contribution in [0, 0.1) is 0 Å². The Morgan fingerprint density at radius 1 is 0.340 bits per heavy atom. The number of phenolic OH excluding ortho intramolecular Hbond substituents is 2. The third-order valence-corrected chi connectivity index (χ3v) is 19.2.